The van der Waals surface area contributed by atoms with Crippen molar-refractivity contribution in [3.8, 4) is 17.2 Å². The molecule has 0 aliphatic carbocycles. The summed E-state index contributed by atoms with van der Waals surface area (Å²) in [5, 5.41) is 9.30. The normalized spacial score (nSPS) is 11.3. The van der Waals surface area contributed by atoms with E-state index >= 15 is 0 Å². The largest absolute Gasteiger partial charge is 0.508 e. The van der Waals surface area contributed by atoms with Crippen LogP contribution in [0.15, 0.2) is 81.0 Å². The number of aromatic hydroxyl groups is 1. The maximum absolute atomic E-state index is 12.6. The summed E-state index contributed by atoms with van der Waals surface area (Å²) in [7, 11) is -3.63. The van der Waals surface area contributed by atoms with Crippen LogP contribution in [-0.4, -0.2) is 13.5 Å². The van der Waals surface area contributed by atoms with E-state index in [4.69, 9.17) is 4.74 Å². The van der Waals surface area contributed by atoms with E-state index in [0.717, 1.165) is 10.0 Å². The minimum absolute atomic E-state index is 0.0205. The number of rotatable bonds is 4. The smallest absolute Gasteiger partial charge is 0.206 e. The van der Waals surface area contributed by atoms with E-state index < -0.39 is 9.84 Å². The summed E-state index contributed by atoms with van der Waals surface area (Å²) in [4.78, 5) is 0.290. The van der Waals surface area contributed by atoms with Crippen molar-refractivity contribution in [3.63, 3.8) is 0 Å². The van der Waals surface area contributed by atoms with E-state index in [2.05, 4.69) is 15.9 Å². The number of ether oxygens (including phenoxy) is 1. The molecule has 0 radical (unpaired) electrons. The van der Waals surface area contributed by atoms with Crippen molar-refractivity contribution in [2.24, 2.45) is 0 Å². The summed E-state index contributed by atoms with van der Waals surface area (Å²) in [6.07, 6.45) is 0. The Bertz CT molecular complexity index is 995. The van der Waals surface area contributed by atoms with Gasteiger partial charge >= 0.3 is 0 Å². The molecule has 0 amide bonds. The van der Waals surface area contributed by atoms with E-state index in [1.54, 1.807) is 12.1 Å². The third-order valence-corrected chi connectivity index (χ3v) is 6.37. The molecular formula is C19H15BrO4S. The van der Waals surface area contributed by atoms with Gasteiger partial charge in [-0.25, -0.2) is 8.42 Å². The number of sulfone groups is 1. The first-order valence-corrected chi connectivity index (χ1v) is 9.73. The van der Waals surface area contributed by atoms with Gasteiger partial charge in [-0.15, -0.1) is 0 Å². The number of phenolic OH excluding ortho intramolecular Hbond substituents is 1. The molecule has 3 aromatic rings. The molecule has 1 N–H and O–H groups in total. The molecule has 25 heavy (non-hydrogen) atoms. The van der Waals surface area contributed by atoms with E-state index in [1.807, 2.05) is 25.1 Å². The molecule has 0 fully saturated rings. The zero-order valence-corrected chi connectivity index (χ0v) is 15.7. The lowest BCUT2D eigenvalue weighted by Crippen LogP contribution is -2.01. The fourth-order valence-electron chi connectivity index (χ4n) is 2.27. The van der Waals surface area contributed by atoms with Gasteiger partial charge in [0.15, 0.2) is 0 Å². The van der Waals surface area contributed by atoms with Gasteiger partial charge in [-0.3, -0.25) is 0 Å². The van der Waals surface area contributed by atoms with Crippen LogP contribution in [0.2, 0.25) is 0 Å². The SMILES string of the molecule is Cc1c(Br)cccc1Oc1ccc(S(=O)(=O)c2ccc(O)cc2)cc1. The van der Waals surface area contributed by atoms with E-state index in [1.165, 1.54) is 36.4 Å². The summed E-state index contributed by atoms with van der Waals surface area (Å²) in [5.41, 5.74) is 0.961. The lowest BCUT2D eigenvalue weighted by molar-refractivity contribution is 0.475. The van der Waals surface area contributed by atoms with E-state index in [-0.39, 0.29) is 15.5 Å². The predicted octanol–water partition coefficient (Wildman–Crippen LogP) is 5.09. The van der Waals surface area contributed by atoms with Crippen LogP contribution in [0.25, 0.3) is 0 Å². The minimum atomic E-state index is -3.63. The Morgan fingerprint density at radius 3 is 2.04 bits per heavy atom. The third-order valence-electron chi connectivity index (χ3n) is 3.73. The summed E-state index contributed by atoms with van der Waals surface area (Å²) in [5.74, 6) is 1.27. The number of phenols is 1. The number of halogens is 1. The van der Waals surface area contributed by atoms with Gasteiger partial charge in [0.1, 0.15) is 17.2 Å². The van der Waals surface area contributed by atoms with Crippen molar-refractivity contribution in [2.45, 2.75) is 16.7 Å². The molecule has 0 saturated carbocycles. The molecule has 0 spiro atoms. The highest BCUT2D eigenvalue weighted by molar-refractivity contribution is 9.10. The zero-order chi connectivity index (χ0) is 18.0. The van der Waals surface area contributed by atoms with Crippen LogP contribution < -0.4 is 4.74 Å². The monoisotopic (exact) mass is 418 g/mol. The highest BCUT2D eigenvalue weighted by Gasteiger charge is 2.17. The molecule has 0 aromatic heterocycles. The third kappa shape index (κ3) is 3.70. The zero-order valence-electron chi connectivity index (χ0n) is 13.3. The second kappa shape index (κ2) is 6.90. The standard InChI is InChI=1S/C19H15BrO4S/c1-13-18(20)3-2-4-19(13)24-15-7-11-17(12-8-15)25(22,23)16-9-5-14(21)6-10-16/h2-12,21H,1H3. The van der Waals surface area contributed by atoms with Crippen molar-refractivity contribution in [3.05, 3.63) is 76.8 Å². The molecular weight excluding hydrogens is 404 g/mol. The van der Waals surface area contributed by atoms with Gasteiger partial charge in [0.25, 0.3) is 0 Å². The first-order chi connectivity index (χ1) is 11.9. The molecule has 128 valence electrons. The number of hydrogen-bond donors (Lipinski definition) is 1. The topological polar surface area (TPSA) is 63.6 Å². The molecule has 4 nitrogen and oxygen atoms in total. The van der Waals surface area contributed by atoms with Crippen molar-refractivity contribution >= 4 is 25.8 Å². The van der Waals surface area contributed by atoms with Gasteiger partial charge in [0.05, 0.1) is 9.79 Å². The summed E-state index contributed by atoms with van der Waals surface area (Å²) < 4.78 is 31.9. The van der Waals surface area contributed by atoms with Crippen molar-refractivity contribution < 1.29 is 18.3 Å². The Balaban J connectivity index is 1.87. The van der Waals surface area contributed by atoms with Crippen LogP contribution in [0.5, 0.6) is 17.2 Å². The average Bonchev–Trinajstić information content (AvgIpc) is 2.60. The lowest BCUT2D eigenvalue weighted by atomic mass is 10.2. The predicted molar refractivity (Wildman–Crippen MR) is 99.0 cm³/mol. The number of benzene rings is 3. The fourth-order valence-corrected chi connectivity index (χ4v) is 3.88. The van der Waals surface area contributed by atoms with Crippen molar-refractivity contribution in [1.82, 2.24) is 0 Å². The molecule has 6 heteroatoms. The first-order valence-electron chi connectivity index (χ1n) is 7.45. The Labute approximate surface area is 154 Å². The molecule has 0 unspecified atom stereocenters. The van der Waals surface area contributed by atoms with Gasteiger partial charge in [-0.2, -0.15) is 0 Å². The van der Waals surface area contributed by atoms with Crippen LogP contribution >= 0.6 is 15.9 Å². The second-order valence-electron chi connectivity index (χ2n) is 5.43. The van der Waals surface area contributed by atoms with Gasteiger partial charge in [-0.1, -0.05) is 22.0 Å². The van der Waals surface area contributed by atoms with E-state index in [9.17, 15) is 13.5 Å². The van der Waals surface area contributed by atoms with E-state index in [0.29, 0.717) is 11.5 Å². The molecule has 0 saturated heterocycles. The Morgan fingerprint density at radius 1 is 0.880 bits per heavy atom. The maximum atomic E-state index is 12.6. The molecule has 3 rings (SSSR count). The maximum Gasteiger partial charge on any atom is 0.206 e. The fraction of sp³-hybridized carbons (Fsp3) is 0.0526. The van der Waals surface area contributed by atoms with Gasteiger partial charge < -0.3 is 9.84 Å². The van der Waals surface area contributed by atoms with Gasteiger partial charge in [-0.05, 0) is 67.6 Å². The quantitative estimate of drug-likeness (QED) is 0.640. The minimum Gasteiger partial charge on any atom is -0.508 e. The van der Waals surface area contributed by atoms with Crippen LogP contribution in [0.1, 0.15) is 5.56 Å². The van der Waals surface area contributed by atoms with Gasteiger partial charge in [0.2, 0.25) is 9.84 Å². The van der Waals surface area contributed by atoms with Crippen LogP contribution in [-0.2, 0) is 9.84 Å². The van der Waals surface area contributed by atoms with Crippen LogP contribution in [0.4, 0.5) is 0 Å². The van der Waals surface area contributed by atoms with Crippen molar-refractivity contribution in [1.29, 1.82) is 0 Å². The Kier molecular flexibility index (Phi) is 4.83. The average molecular weight is 419 g/mol. The molecule has 0 atom stereocenters. The molecule has 0 bridgehead atoms. The molecule has 0 heterocycles. The summed E-state index contributed by atoms with van der Waals surface area (Å²) >= 11 is 3.45. The van der Waals surface area contributed by atoms with Crippen LogP contribution in [0.3, 0.4) is 0 Å². The highest BCUT2D eigenvalue weighted by atomic mass is 79.9. The Morgan fingerprint density at radius 2 is 1.44 bits per heavy atom. The molecule has 0 aliphatic rings. The highest BCUT2D eigenvalue weighted by Crippen LogP contribution is 2.31. The van der Waals surface area contributed by atoms with Crippen molar-refractivity contribution in [2.75, 3.05) is 0 Å². The molecule has 0 aliphatic heterocycles. The van der Waals surface area contributed by atoms with Crippen LogP contribution in [0, 0.1) is 6.92 Å². The number of hydrogen-bond acceptors (Lipinski definition) is 4. The van der Waals surface area contributed by atoms with Gasteiger partial charge in [0, 0.05) is 10.0 Å². The summed E-state index contributed by atoms with van der Waals surface area (Å²) in [6, 6.07) is 17.3. The molecule has 3 aromatic carbocycles. The Hall–Kier alpha value is -2.31. The lowest BCUT2D eigenvalue weighted by Gasteiger charge is -2.10. The second-order valence-corrected chi connectivity index (χ2v) is 8.24. The summed E-state index contributed by atoms with van der Waals surface area (Å²) in [6.45, 7) is 1.93. The first kappa shape index (κ1) is 17.5.